The summed E-state index contributed by atoms with van der Waals surface area (Å²) in [7, 11) is -1.14. The van der Waals surface area contributed by atoms with E-state index in [4.69, 9.17) is 0 Å². The summed E-state index contributed by atoms with van der Waals surface area (Å²) >= 11 is 0. The zero-order chi connectivity index (χ0) is 15.2. The zero-order valence-corrected chi connectivity index (χ0v) is 13.1. The van der Waals surface area contributed by atoms with Gasteiger partial charge in [-0.3, -0.25) is 4.21 Å². The molecule has 4 heteroatoms. The molecule has 0 fully saturated rings. The van der Waals surface area contributed by atoms with Gasteiger partial charge in [-0.25, -0.2) is 4.98 Å². The lowest BCUT2D eigenvalue weighted by molar-refractivity contribution is 0.669. The fraction of sp³-hybridized carbons (Fsp3) is 0.167. The van der Waals surface area contributed by atoms with E-state index in [9.17, 15) is 4.21 Å². The Hall–Kier alpha value is -2.20. The van der Waals surface area contributed by atoms with Gasteiger partial charge in [0.1, 0.15) is 10.6 Å². The first-order valence-electron chi connectivity index (χ1n) is 7.27. The average molecular weight is 308 g/mol. The van der Waals surface area contributed by atoms with Crippen LogP contribution < -0.4 is 0 Å². The Balaban J connectivity index is 1.79. The first-order valence-corrected chi connectivity index (χ1v) is 8.42. The number of rotatable bonds is 2. The lowest BCUT2D eigenvalue weighted by Gasteiger charge is -2.38. The van der Waals surface area contributed by atoms with E-state index in [0.717, 1.165) is 21.9 Å². The first-order chi connectivity index (χ1) is 10.7. The van der Waals surface area contributed by atoms with Crippen LogP contribution in [-0.4, -0.2) is 18.5 Å². The Morgan fingerprint density at radius 2 is 1.95 bits per heavy atom. The standard InChI is InChI=1S/C18H16N2OS/c1-14-19-11-12-20(14)13-17-9-8-16-7-4-6-15-5-2-3-10-18(15,16)22(17)21/h2-12H,13H2,1H3. The third kappa shape index (κ3) is 1.80. The SMILES string of the molecule is Cc1nccn1CC1=CC=C2C=CC=C3C=CC=CC32S1=O. The van der Waals surface area contributed by atoms with Gasteiger partial charge >= 0.3 is 0 Å². The number of imidazole rings is 1. The highest BCUT2D eigenvalue weighted by atomic mass is 32.2. The third-order valence-electron chi connectivity index (χ3n) is 4.36. The molecule has 0 bridgehead atoms. The monoisotopic (exact) mass is 308 g/mol. The molecule has 0 radical (unpaired) electrons. The van der Waals surface area contributed by atoms with Crippen molar-refractivity contribution in [3.05, 3.63) is 89.0 Å². The van der Waals surface area contributed by atoms with E-state index in [1.807, 2.05) is 42.0 Å². The Kier molecular flexibility index (Phi) is 3.01. The minimum atomic E-state index is -1.14. The number of allylic oxidation sites excluding steroid dienone is 9. The summed E-state index contributed by atoms with van der Waals surface area (Å²) in [6.07, 6.45) is 22.1. The molecule has 1 spiro atoms. The van der Waals surface area contributed by atoms with Crippen LogP contribution in [0.1, 0.15) is 5.82 Å². The summed E-state index contributed by atoms with van der Waals surface area (Å²) in [6, 6.07) is 0. The smallest absolute Gasteiger partial charge is 0.118 e. The summed E-state index contributed by atoms with van der Waals surface area (Å²) in [5, 5.41) is 0. The molecule has 0 saturated heterocycles. The maximum atomic E-state index is 13.4. The Morgan fingerprint density at radius 1 is 1.14 bits per heavy atom. The summed E-state index contributed by atoms with van der Waals surface area (Å²) in [5.74, 6) is 0.934. The quantitative estimate of drug-likeness (QED) is 0.841. The molecule has 22 heavy (non-hydrogen) atoms. The normalized spacial score (nSPS) is 28.6. The Morgan fingerprint density at radius 3 is 2.77 bits per heavy atom. The summed E-state index contributed by atoms with van der Waals surface area (Å²) in [6.45, 7) is 2.57. The molecule has 0 N–H and O–H groups in total. The van der Waals surface area contributed by atoms with Crippen molar-refractivity contribution in [3.63, 3.8) is 0 Å². The molecular formula is C18H16N2OS. The molecule has 0 aromatic carbocycles. The number of aryl methyl sites for hydroxylation is 1. The van der Waals surface area contributed by atoms with Crippen LogP contribution >= 0.6 is 0 Å². The van der Waals surface area contributed by atoms with E-state index < -0.39 is 15.5 Å². The van der Waals surface area contributed by atoms with Gasteiger partial charge in [0.05, 0.1) is 17.3 Å². The second-order valence-corrected chi connectivity index (χ2v) is 7.27. The van der Waals surface area contributed by atoms with E-state index in [-0.39, 0.29) is 0 Å². The van der Waals surface area contributed by atoms with Gasteiger partial charge < -0.3 is 4.57 Å². The van der Waals surface area contributed by atoms with Gasteiger partial charge in [0, 0.05) is 17.3 Å². The van der Waals surface area contributed by atoms with Crippen molar-refractivity contribution in [2.45, 2.75) is 18.2 Å². The van der Waals surface area contributed by atoms with Crippen molar-refractivity contribution < 1.29 is 4.21 Å². The predicted molar refractivity (Wildman–Crippen MR) is 89.5 cm³/mol. The highest BCUT2D eigenvalue weighted by Crippen LogP contribution is 2.44. The van der Waals surface area contributed by atoms with Crippen molar-refractivity contribution in [2.75, 3.05) is 0 Å². The van der Waals surface area contributed by atoms with Crippen LogP contribution in [0.5, 0.6) is 0 Å². The average Bonchev–Trinajstić information content (AvgIpc) is 2.94. The fourth-order valence-corrected chi connectivity index (χ4v) is 4.91. The molecule has 0 saturated carbocycles. The van der Waals surface area contributed by atoms with E-state index in [1.165, 1.54) is 0 Å². The highest BCUT2D eigenvalue weighted by Gasteiger charge is 2.44. The molecule has 110 valence electrons. The first kappa shape index (κ1) is 13.5. The minimum absolute atomic E-state index is 0.526. The van der Waals surface area contributed by atoms with E-state index >= 15 is 0 Å². The van der Waals surface area contributed by atoms with Crippen LogP contribution in [0.4, 0.5) is 0 Å². The molecule has 2 aliphatic carbocycles. The molecule has 1 aromatic rings. The van der Waals surface area contributed by atoms with Gasteiger partial charge in [-0.1, -0.05) is 48.6 Å². The zero-order valence-electron chi connectivity index (χ0n) is 12.3. The fourth-order valence-electron chi connectivity index (χ4n) is 3.15. The summed E-state index contributed by atoms with van der Waals surface area (Å²) < 4.78 is 14.9. The van der Waals surface area contributed by atoms with Gasteiger partial charge in [-0.15, -0.1) is 0 Å². The highest BCUT2D eigenvalue weighted by molar-refractivity contribution is 7.91. The molecule has 0 amide bonds. The molecule has 4 rings (SSSR count). The lowest BCUT2D eigenvalue weighted by atomic mass is 9.82. The van der Waals surface area contributed by atoms with Crippen LogP contribution in [0.25, 0.3) is 0 Å². The molecule has 2 unspecified atom stereocenters. The number of hydrogen-bond donors (Lipinski definition) is 0. The van der Waals surface area contributed by atoms with Gasteiger partial charge in [-0.05, 0) is 24.1 Å². The van der Waals surface area contributed by atoms with E-state index in [0.29, 0.717) is 6.54 Å². The van der Waals surface area contributed by atoms with Crippen molar-refractivity contribution in [1.29, 1.82) is 0 Å². The second kappa shape index (κ2) is 4.92. The molecule has 3 nitrogen and oxygen atoms in total. The summed E-state index contributed by atoms with van der Waals surface area (Å²) in [4.78, 5) is 5.16. The topological polar surface area (TPSA) is 34.9 Å². The lowest BCUT2D eigenvalue weighted by Crippen LogP contribution is -2.40. The minimum Gasteiger partial charge on any atom is -0.330 e. The van der Waals surface area contributed by atoms with Gasteiger partial charge in [0.2, 0.25) is 0 Å². The Bertz CT molecular complexity index is 848. The van der Waals surface area contributed by atoms with Gasteiger partial charge in [-0.2, -0.15) is 0 Å². The number of aromatic nitrogens is 2. The second-order valence-electron chi connectivity index (χ2n) is 5.56. The predicted octanol–water partition coefficient (Wildman–Crippen LogP) is 3.13. The molecule has 1 aromatic heterocycles. The number of nitrogens with zero attached hydrogens (tertiary/aromatic N) is 2. The maximum Gasteiger partial charge on any atom is 0.118 e. The molecule has 3 aliphatic rings. The summed E-state index contributed by atoms with van der Waals surface area (Å²) in [5.41, 5.74) is 2.19. The molecule has 2 atom stereocenters. The van der Waals surface area contributed by atoms with Crippen molar-refractivity contribution >= 4 is 10.8 Å². The van der Waals surface area contributed by atoms with Crippen LogP contribution in [0.2, 0.25) is 0 Å². The largest absolute Gasteiger partial charge is 0.330 e. The van der Waals surface area contributed by atoms with Crippen molar-refractivity contribution in [1.82, 2.24) is 9.55 Å². The number of hydrogen-bond acceptors (Lipinski definition) is 2. The van der Waals surface area contributed by atoms with Gasteiger partial charge in [0.15, 0.2) is 0 Å². The van der Waals surface area contributed by atoms with Crippen LogP contribution in [0, 0.1) is 6.92 Å². The van der Waals surface area contributed by atoms with Crippen LogP contribution in [0.3, 0.4) is 0 Å². The molecule has 1 aliphatic heterocycles. The Labute approximate surface area is 132 Å². The van der Waals surface area contributed by atoms with Gasteiger partial charge in [0.25, 0.3) is 0 Å². The third-order valence-corrected chi connectivity index (χ3v) is 6.29. The maximum absolute atomic E-state index is 13.4. The van der Waals surface area contributed by atoms with E-state index in [2.05, 4.69) is 35.4 Å². The molecular weight excluding hydrogens is 292 g/mol. The van der Waals surface area contributed by atoms with Crippen LogP contribution in [-0.2, 0) is 17.3 Å². The van der Waals surface area contributed by atoms with E-state index in [1.54, 1.807) is 6.20 Å². The van der Waals surface area contributed by atoms with Crippen LogP contribution in [0.15, 0.2) is 83.1 Å². The van der Waals surface area contributed by atoms with Crippen molar-refractivity contribution in [3.8, 4) is 0 Å². The van der Waals surface area contributed by atoms with Crippen molar-refractivity contribution in [2.24, 2.45) is 0 Å². The molecule has 2 heterocycles.